The third kappa shape index (κ3) is 5.19. The highest BCUT2D eigenvalue weighted by atomic mass is 16.6. The maximum Gasteiger partial charge on any atom is 0.427 e. The normalized spacial score (nSPS) is 11.7. The lowest BCUT2D eigenvalue weighted by molar-refractivity contribution is 0.0139. The Morgan fingerprint density at radius 3 is 1.82 bits per heavy atom. The third-order valence-corrected chi connectivity index (χ3v) is 2.09. The minimum Gasteiger partial charge on any atom is -0.443 e. The molecule has 0 saturated heterocycles. The standard InChI is InChI=1S/C14H22N4O4/c1-13(2,3)21-11(19)18(12(20)22-14(4,5)6)10(15)17-9-7-8-16-17/h7-9,15H,1-6H3. The van der Waals surface area contributed by atoms with E-state index in [-0.39, 0.29) is 0 Å². The van der Waals surface area contributed by atoms with E-state index in [2.05, 4.69) is 5.10 Å². The average molecular weight is 310 g/mol. The van der Waals surface area contributed by atoms with E-state index >= 15 is 0 Å². The summed E-state index contributed by atoms with van der Waals surface area (Å²) in [6, 6.07) is 1.57. The molecule has 0 atom stereocenters. The van der Waals surface area contributed by atoms with Gasteiger partial charge in [0.25, 0.3) is 0 Å². The van der Waals surface area contributed by atoms with Crippen LogP contribution in [-0.4, -0.2) is 44.0 Å². The first-order valence-corrected chi connectivity index (χ1v) is 6.75. The summed E-state index contributed by atoms with van der Waals surface area (Å²) in [7, 11) is 0. The van der Waals surface area contributed by atoms with Gasteiger partial charge >= 0.3 is 12.2 Å². The molecule has 0 unspecified atom stereocenters. The van der Waals surface area contributed by atoms with Gasteiger partial charge in [0.2, 0.25) is 5.96 Å². The zero-order chi connectivity index (χ0) is 17.1. The molecule has 1 heterocycles. The number of nitrogens with one attached hydrogen (secondary N) is 1. The van der Waals surface area contributed by atoms with Gasteiger partial charge in [-0.1, -0.05) is 0 Å². The van der Waals surface area contributed by atoms with Crippen LogP contribution in [0.5, 0.6) is 0 Å². The van der Waals surface area contributed by atoms with Crippen LogP contribution in [0.2, 0.25) is 0 Å². The Morgan fingerprint density at radius 2 is 1.50 bits per heavy atom. The highest BCUT2D eigenvalue weighted by molar-refractivity contribution is 6.07. The predicted molar refractivity (Wildman–Crippen MR) is 79.7 cm³/mol. The SMILES string of the molecule is CC(C)(C)OC(=O)N(C(=N)n1cccn1)C(=O)OC(C)(C)C. The molecular weight excluding hydrogens is 288 g/mol. The van der Waals surface area contributed by atoms with Crippen LogP contribution in [0.3, 0.4) is 0 Å². The third-order valence-electron chi connectivity index (χ3n) is 2.09. The first-order chi connectivity index (χ1) is 9.91. The van der Waals surface area contributed by atoms with Gasteiger partial charge in [-0.2, -0.15) is 5.10 Å². The number of amides is 2. The molecule has 1 aromatic rings. The molecule has 0 saturated carbocycles. The molecular formula is C14H22N4O4. The van der Waals surface area contributed by atoms with Crippen molar-refractivity contribution < 1.29 is 19.1 Å². The number of nitrogens with zero attached hydrogens (tertiary/aromatic N) is 3. The van der Waals surface area contributed by atoms with Gasteiger partial charge in [-0.3, -0.25) is 5.41 Å². The Labute approximate surface area is 129 Å². The molecule has 0 bridgehead atoms. The van der Waals surface area contributed by atoms with Crippen molar-refractivity contribution in [2.24, 2.45) is 0 Å². The maximum atomic E-state index is 12.2. The number of aromatic nitrogens is 2. The van der Waals surface area contributed by atoms with Crippen molar-refractivity contribution >= 4 is 18.1 Å². The molecule has 0 fully saturated rings. The minimum atomic E-state index is -0.998. The van der Waals surface area contributed by atoms with E-state index < -0.39 is 29.3 Å². The first kappa shape index (κ1) is 17.7. The second-order valence-electron chi connectivity index (χ2n) is 6.57. The molecule has 0 radical (unpaired) electrons. The molecule has 1 N–H and O–H groups in total. The molecule has 1 rings (SSSR count). The zero-order valence-electron chi connectivity index (χ0n) is 13.7. The number of imide groups is 1. The number of rotatable bonds is 0. The second kappa shape index (κ2) is 6.17. The molecule has 0 spiro atoms. The van der Waals surface area contributed by atoms with E-state index in [1.54, 1.807) is 47.6 Å². The van der Waals surface area contributed by atoms with Crippen LogP contribution in [0.4, 0.5) is 9.59 Å². The molecule has 0 aliphatic carbocycles. The quantitative estimate of drug-likeness (QED) is 0.587. The summed E-state index contributed by atoms with van der Waals surface area (Å²) in [5, 5.41) is 11.8. The molecule has 1 aromatic heterocycles. The van der Waals surface area contributed by atoms with Gasteiger partial charge in [0.1, 0.15) is 11.2 Å². The van der Waals surface area contributed by atoms with Gasteiger partial charge in [-0.15, -0.1) is 4.90 Å². The molecule has 8 heteroatoms. The van der Waals surface area contributed by atoms with Crippen LogP contribution in [-0.2, 0) is 9.47 Å². The summed E-state index contributed by atoms with van der Waals surface area (Å²) in [5.74, 6) is -0.478. The lowest BCUT2D eigenvalue weighted by atomic mass is 10.2. The molecule has 0 aliphatic heterocycles. The van der Waals surface area contributed by atoms with Gasteiger partial charge in [-0.05, 0) is 47.6 Å². The first-order valence-electron chi connectivity index (χ1n) is 6.75. The zero-order valence-corrected chi connectivity index (χ0v) is 13.7. The smallest absolute Gasteiger partial charge is 0.427 e. The van der Waals surface area contributed by atoms with Crippen molar-refractivity contribution in [2.75, 3.05) is 0 Å². The van der Waals surface area contributed by atoms with Crippen molar-refractivity contribution in [3.8, 4) is 0 Å². The Morgan fingerprint density at radius 1 is 1.05 bits per heavy atom. The molecule has 2 amide bonds. The van der Waals surface area contributed by atoms with Crippen LogP contribution in [0.25, 0.3) is 0 Å². The Kier molecular flexibility index (Phi) is 4.95. The monoisotopic (exact) mass is 310 g/mol. The van der Waals surface area contributed by atoms with Crippen molar-refractivity contribution in [1.29, 1.82) is 5.41 Å². The number of hydrogen-bond acceptors (Lipinski definition) is 6. The van der Waals surface area contributed by atoms with Gasteiger partial charge < -0.3 is 9.47 Å². The topological polar surface area (TPSA) is 97.5 Å². The molecule has 8 nitrogen and oxygen atoms in total. The van der Waals surface area contributed by atoms with Crippen molar-refractivity contribution in [1.82, 2.24) is 14.7 Å². The number of hydrogen-bond donors (Lipinski definition) is 1. The summed E-state index contributed by atoms with van der Waals surface area (Å²) in [6.07, 6.45) is 0.866. The largest absolute Gasteiger partial charge is 0.443 e. The van der Waals surface area contributed by atoms with Gasteiger partial charge in [-0.25, -0.2) is 14.3 Å². The summed E-state index contributed by atoms with van der Waals surface area (Å²) >= 11 is 0. The molecule has 0 aromatic carbocycles. The van der Waals surface area contributed by atoms with Crippen molar-refractivity contribution in [2.45, 2.75) is 52.7 Å². The molecule has 122 valence electrons. The predicted octanol–water partition coefficient (Wildman–Crippen LogP) is 2.84. The van der Waals surface area contributed by atoms with E-state index in [1.165, 1.54) is 12.4 Å². The van der Waals surface area contributed by atoms with Crippen LogP contribution >= 0.6 is 0 Å². The van der Waals surface area contributed by atoms with Gasteiger partial charge in [0, 0.05) is 12.4 Å². The maximum absolute atomic E-state index is 12.2. The Bertz CT molecular complexity index is 524. The summed E-state index contributed by atoms with van der Waals surface area (Å²) < 4.78 is 11.4. The minimum absolute atomic E-state index is 0.478. The number of carbonyl (C=O) groups excluding carboxylic acids is 2. The number of carbonyl (C=O) groups is 2. The van der Waals surface area contributed by atoms with Crippen LogP contribution < -0.4 is 0 Å². The van der Waals surface area contributed by atoms with Crippen molar-refractivity contribution in [3.63, 3.8) is 0 Å². The fraction of sp³-hybridized carbons (Fsp3) is 0.571. The van der Waals surface area contributed by atoms with E-state index in [0.717, 1.165) is 4.68 Å². The average Bonchev–Trinajstić information content (AvgIpc) is 2.76. The van der Waals surface area contributed by atoms with Crippen LogP contribution in [0.15, 0.2) is 18.5 Å². The Hall–Kier alpha value is -2.38. The highest BCUT2D eigenvalue weighted by Gasteiger charge is 2.35. The summed E-state index contributed by atoms with van der Waals surface area (Å²) in [4.78, 5) is 25.0. The van der Waals surface area contributed by atoms with Crippen molar-refractivity contribution in [3.05, 3.63) is 18.5 Å². The van der Waals surface area contributed by atoms with E-state index in [1.807, 2.05) is 0 Å². The van der Waals surface area contributed by atoms with E-state index in [0.29, 0.717) is 4.90 Å². The fourth-order valence-electron chi connectivity index (χ4n) is 1.36. The van der Waals surface area contributed by atoms with Gasteiger partial charge in [0.15, 0.2) is 0 Å². The van der Waals surface area contributed by atoms with Crippen LogP contribution in [0, 0.1) is 5.41 Å². The summed E-state index contributed by atoms with van der Waals surface area (Å²) in [6.45, 7) is 9.97. The molecule has 22 heavy (non-hydrogen) atoms. The fourth-order valence-corrected chi connectivity index (χ4v) is 1.36. The lowest BCUT2D eigenvalue weighted by Gasteiger charge is -2.28. The highest BCUT2D eigenvalue weighted by Crippen LogP contribution is 2.15. The summed E-state index contributed by atoms with van der Waals surface area (Å²) in [5.41, 5.74) is -1.64. The van der Waals surface area contributed by atoms with E-state index in [9.17, 15) is 9.59 Å². The van der Waals surface area contributed by atoms with E-state index in [4.69, 9.17) is 14.9 Å². The van der Waals surface area contributed by atoms with Crippen LogP contribution in [0.1, 0.15) is 41.5 Å². The molecule has 0 aliphatic rings. The van der Waals surface area contributed by atoms with Gasteiger partial charge in [0.05, 0.1) is 0 Å². The Balaban J connectivity index is 3.07. The lowest BCUT2D eigenvalue weighted by Crippen LogP contribution is -2.49. The number of ether oxygens (including phenoxy) is 2. The second-order valence-corrected chi connectivity index (χ2v) is 6.57.